The maximum atomic E-state index is 10.8. The molecule has 0 amide bonds. The Morgan fingerprint density at radius 2 is 2.20 bits per heavy atom. The summed E-state index contributed by atoms with van der Waals surface area (Å²) in [6, 6.07) is 10.1. The monoisotopic (exact) mass is 225 g/mol. The van der Waals surface area contributed by atoms with E-state index in [1.165, 1.54) is 0 Å². The van der Waals surface area contributed by atoms with Gasteiger partial charge in [-0.25, -0.2) is 0 Å². The highest BCUT2D eigenvalue weighted by Gasteiger charge is 2.27. The summed E-state index contributed by atoms with van der Waals surface area (Å²) in [5.41, 5.74) is 1.16. The second kappa shape index (κ2) is 4.75. The predicted octanol–water partition coefficient (Wildman–Crippen LogP) is 1.78. The number of ether oxygens (including phenoxy) is 1. The van der Waals surface area contributed by atoms with Gasteiger partial charge in [-0.05, 0) is 17.2 Å². The summed E-state index contributed by atoms with van der Waals surface area (Å²) in [6.45, 7) is 1.33. The van der Waals surface area contributed by atoms with Gasteiger partial charge in [-0.15, -0.1) is 0 Å². The van der Waals surface area contributed by atoms with Crippen LogP contribution < -0.4 is 0 Å². The molecule has 0 bridgehead atoms. The lowest BCUT2D eigenvalue weighted by atomic mass is 10.1. The second-order valence-corrected chi connectivity index (χ2v) is 3.95. The molecule has 0 unspecified atom stereocenters. The Bertz CT molecular complexity index is 342. The normalized spacial score (nSPS) is 21.8. The molecule has 1 heterocycles. The lowest BCUT2D eigenvalue weighted by molar-refractivity contribution is -0.113. The number of nitrogens with zero attached hydrogens (tertiary/aromatic N) is 1. The van der Waals surface area contributed by atoms with Gasteiger partial charge in [0.15, 0.2) is 0 Å². The molecule has 2 rings (SSSR count). The zero-order chi connectivity index (χ0) is 10.7. The number of carbonyl (C=O) groups is 1. The van der Waals surface area contributed by atoms with Crippen molar-refractivity contribution < 1.29 is 9.53 Å². The van der Waals surface area contributed by atoms with Crippen LogP contribution in [0.1, 0.15) is 11.6 Å². The number of rotatable bonds is 3. The minimum Gasteiger partial charge on any atom is -0.364 e. The maximum absolute atomic E-state index is 10.8. The summed E-state index contributed by atoms with van der Waals surface area (Å²) >= 11 is 5.37. The van der Waals surface area contributed by atoms with Crippen LogP contribution >= 0.6 is 11.6 Å². The fourth-order valence-corrected chi connectivity index (χ4v) is 1.93. The van der Waals surface area contributed by atoms with E-state index in [1.807, 2.05) is 35.2 Å². The maximum Gasteiger partial charge on any atom is 0.235 e. The third kappa shape index (κ3) is 2.56. The van der Waals surface area contributed by atoms with E-state index in [9.17, 15) is 4.79 Å². The molecule has 80 valence electrons. The SMILES string of the molecule is O=C(Cl)CN1COC[C@@H]1c1ccccc1. The molecule has 0 aromatic heterocycles. The van der Waals surface area contributed by atoms with E-state index in [4.69, 9.17) is 16.3 Å². The van der Waals surface area contributed by atoms with Crippen LogP contribution in [-0.4, -0.2) is 30.0 Å². The predicted molar refractivity (Wildman–Crippen MR) is 57.6 cm³/mol. The second-order valence-electron chi connectivity index (χ2n) is 3.53. The number of benzene rings is 1. The van der Waals surface area contributed by atoms with Crippen LogP contribution in [0, 0.1) is 0 Å². The first kappa shape index (κ1) is 10.6. The molecule has 1 aromatic rings. The molecular weight excluding hydrogens is 214 g/mol. The molecule has 15 heavy (non-hydrogen) atoms. The molecule has 0 N–H and O–H groups in total. The van der Waals surface area contributed by atoms with Crippen LogP contribution in [0.3, 0.4) is 0 Å². The van der Waals surface area contributed by atoms with Crippen molar-refractivity contribution in [1.82, 2.24) is 4.90 Å². The molecule has 0 saturated carbocycles. The summed E-state index contributed by atoms with van der Waals surface area (Å²) in [5.74, 6) is 0. The molecule has 1 saturated heterocycles. The third-order valence-electron chi connectivity index (χ3n) is 2.49. The Kier molecular flexibility index (Phi) is 3.36. The molecule has 1 aliphatic heterocycles. The summed E-state index contributed by atoms with van der Waals surface area (Å²) in [7, 11) is 0. The lowest BCUT2D eigenvalue weighted by Gasteiger charge is -2.20. The van der Waals surface area contributed by atoms with Crippen LogP contribution in [0.2, 0.25) is 0 Å². The quantitative estimate of drug-likeness (QED) is 0.735. The average Bonchev–Trinajstić information content (AvgIpc) is 2.66. The molecule has 1 aromatic carbocycles. The fourth-order valence-electron chi connectivity index (χ4n) is 1.77. The molecule has 1 atom stereocenters. The van der Waals surface area contributed by atoms with Gasteiger partial charge in [0.05, 0.1) is 19.2 Å². The molecule has 4 heteroatoms. The first-order chi connectivity index (χ1) is 7.27. The van der Waals surface area contributed by atoms with E-state index in [1.54, 1.807) is 0 Å². The van der Waals surface area contributed by atoms with Gasteiger partial charge in [-0.3, -0.25) is 9.69 Å². The van der Waals surface area contributed by atoms with Crippen molar-refractivity contribution in [3.05, 3.63) is 35.9 Å². The molecule has 1 fully saturated rings. The van der Waals surface area contributed by atoms with Crippen molar-refractivity contribution in [3.8, 4) is 0 Å². The minimum atomic E-state index is -0.346. The summed E-state index contributed by atoms with van der Waals surface area (Å²) in [4.78, 5) is 12.8. The Morgan fingerprint density at radius 1 is 1.47 bits per heavy atom. The Labute approximate surface area is 93.6 Å². The number of hydrogen-bond donors (Lipinski definition) is 0. The Morgan fingerprint density at radius 3 is 2.87 bits per heavy atom. The summed E-state index contributed by atoms with van der Waals surface area (Å²) in [5, 5.41) is -0.346. The van der Waals surface area contributed by atoms with E-state index in [0.717, 1.165) is 5.56 Å². The van der Waals surface area contributed by atoms with Crippen molar-refractivity contribution in [1.29, 1.82) is 0 Å². The lowest BCUT2D eigenvalue weighted by Crippen LogP contribution is -2.28. The Hall–Kier alpha value is -0.900. The molecule has 0 radical (unpaired) electrons. The van der Waals surface area contributed by atoms with Crippen LogP contribution in [0.25, 0.3) is 0 Å². The molecule has 1 aliphatic rings. The molecular formula is C11H12ClNO2. The largest absolute Gasteiger partial charge is 0.364 e. The zero-order valence-electron chi connectivity index (χ0n) is 8.23. The standard InChI is InChI=1S/C11H12ClNO2/c12-11(14)6-13-8-15-7-10(13)9-4-2-1-3-5-9/h1-5,10H,6-8H2/t10-/m1/s1. The van der Waals surface area contributed by atoms with Crippen molar-refractivity contribution in [2.75, 3.05) is 19.9 Å². The van der Waals surface area contributed by atoms with E-state index in [-0.39, 0.29) is 17.8 Å². The van der Waals surface area contributed by atoms with Gasteiger partial charge < -0.3 is 4.74 Å². The van der Waals surface area contributed by atoms with Crippen LogP contribution in [0.4, 0.5) is 0 Å². The van der Waals surface area contributed by atoms with E-state index in [0.29, 0.717) is 13.3 Å². The van der Waals surface area contributed by atoms with Crippen LogP contribution in [0.5, 0.6) is 0 Å². The van der Waals surface area contributed by atoms with E-state index < -0.39 is 0 Å². The number of halogens is 1. The Balaban J connectivity index is 2.11. The van der Waals surface area contributed by atoms with Gasteiger partial charge in [0, 0.05) is 0 Å². The molecule has 0 spiro atoms. The highest BCUT2D eigenvalue weighted by atomic mass is 35.5. The molecule has 3 nitrogen and oxygen atoms in total. The van der Waals surface area contributed by atoms with Gasteiger partial charge >= 0.3 is 0 Å². The first-order valence-electron chi connectivity index (χ1n) is 4.82. The van der Waals surface area contributed by atoms with Crippen molar-refractivity contribution in [2.24, 2.45) is 0 Å². The van der Waals surface area contributed by atoms with Crippen molar-refractivity contribution in [2.45, 2.75) is 6.04 Å². The van der Waals surface area contributed by atoms with Crippen molar-refractivity contribution >= 4 is 16.8 Å². The van der Waals surface area contributed by atoms with Crippen LogP contribution in [-0.2, 0) is 9.53 Å². The first-order valence-corrected chi connectivity index (χ1v) is 5.20. The topological polar surface area (TPSA) is 29.5 Å². The van der Waals surface area contributed by atoms with Crippen molar-refractivity contribution in [3.63, 3.8) is 0 Å². The van der Waals surface area contributed by atoms with Gasteiger partial charge in [0.2, 0.25) is 5.24 Å². The van der Waals surface area contributed by atoms with Gasteiger partial charge in [0.1, 0.15) is 6.73 Å². The highest BCUT2D eigenvalue weighted by Crippen LogP contribution is 2.25. The zero-order valence-corrected chi connectivity index (χ0v) is 8.98. The van der Waals surface area contributed by atoms with E-state index in [2.05, 4.69) is 0 Å². The van der Waals surface area contributed by atoms with E-state index >= 15 is 0 Å². The fraction of sp³-hybridized carbons (Fsp3) is 0.364. The van der Waals surface area contributed by atoms with Gasteiger partial charge in [-0.2, -0.15) is 0 Å². The third-order valence-corrected chi connectivity index (χ3v) is 2.60. The van der Waals surface area contributed by atoms with Gasteiger partial charge in [-0.1, -0.05) is 30.3 Å². The average molecular weight is 226 g/mol. The van der Waals surface area contributed by atoms with Gasteiger partial charge in [0.25, 0.3) is 0 Å². The number of hydrogen-bond acceptors (Lipinski definition) is 3. The minimum absolute atomic E-state index is 0.147. The summed E-state index contributed by atoms with van der Waals surface area (Å²) in [6.07, 6.45) is 0. The smallest absolute Gasteiger partial charge is 0.235 e. The number of carbonyl (C=O) groups excluding carboxylic acids is 1. The van der Waals surface area contributed by atoms with Crippen LogP contribution in [0.15, 0.2) is 30.3 Å². The highest BCUT2D eigenvalue weighted by molar-refractivity contribution is 6.64. The summed E-state index contributed by atoms with van der Waals surface area (Å²) < 4.78 is 5.34. The molecule has 0 aliphatic carbocycles.